The van der Waals surface area contributed by atoms with Gasteiger partial charge in [0, 0.05) is 11.3 Å². The van der Waals surface area contributed by atoms with Crippen LogP contribution >= 0.6 is 0 Å². The molecule has 1 aromatic rings. The average Bonchev–Trinajstić information content (AvgIpc) is 3.15. The van der Waals surface area contributed by atoms with E-state index in [1.165, 1.54) is 17.6 Å². The van der Waals surface area contributed by atoms with Crippen LogP contribution in [0.15, 0.2) is 53.3 Å². The van der Waals surface area contributed by atoms with Crippen LogP contribution in [0.4, 0.5) is 0 Å². The van der Waals surface area contributed by atoms with Gasteiger partial charge in [-0.3, -0.25) is 4.79 Å². The minimum absolute atomic E-state index is 0.0408. The molecule has 0 unspecified atom stereocenters. The highest BCUT2D eigenvalue weighted by atomic mass is 16.3. The zero-order valence-electron chi connectivity index (χ0n) is 19.4. The molecule has 1 amide bonds. The molecule has 32 heavy (non-hydrogen) atoms. The summed E-state index contributed by atoms with van der Waals surface area (Å²) in [5.74, 6) is 1.79. The van der Waals surface area contributed by atoms with Gasteiger partial charge >= 0.3 is 0 Å². The van der Waals surface area contributed by atoms with Crippen molar-refractivity contribution in [2.75, 3.05) is 6.61 Å². The smallest absolute Gasteiger partial charge is 0.255 e. The molecule has 0 spiro atoms. The van der Waals surface area contributed by atoms with Crippen LogP contribution in [0.3, 0.4) is 0 Å². The summed E-state index contributed by atoms with van der Waals surface area (Å²) in [6, 6.07) is 9.26. The maximum absolute atomic E-state index is 12.8. The molecule has 172 valence electrons. The largest absolute Gasteiger partial charge is 0.393 e. The predicted octanol–water partition coefficient (Wildman–Crippen LogP) is 4.99. The van der Waals surface area contributed by atoms with Crippen LogP contribution < -0.4 is 5.32 Å². The Kier molecular flexibility index (Phi) is 5.58. The van der Waals surface area contributed by atoms with Gasteiger partial charge in [-0.15, -0.1) is 0 Å². The third-order valence-electron chi connectivity index (χ3n) is 9.69. The van der Waals surface area contributed by atoms with Crippen molar-refractivity contribution in [3.8, 4) is 0 Å². The van der Waals surface area contributed by atoms with Crippen molar-refractivity contribution in [2.45, 2.75) is 71.3 Å². The molecule has 6 atom stereocenters. The Morgan fingerprint density at radius 2 is 1.78 bits per heavy atom. The normalized spacial score (nSPS) is 39.9. The lowest BCUT2D eigenvalue weighted by molar-refractivity contribution is -0.0272. The van der Waals surface area contributed by atoms with Crippen molar-refractivity contribution in [3.63, 3.8) is 0 Å². The highest BCUT2D eigenvalue weighted by molar-refractivity contribution is 5.95. The molecule has 0 heterocycles. The highest BCUT2D eigenvalue weighted by Gasteiger charge is 2.57. The molecule has 0 bridgehead atoms. The Morgan fingerprint density at radius 3 is 2.53 bits per heavy atom. The first kappa shape index (κ1) is 21.9. The van der Waals surface area contributed by atoms with Crippen LogP contribution in [0.5, 0.6) is 0 Å². The molecule has 4 aliphatic rings. The zero-order chi connectivity index (χ0) is 22.5. The molecular formula is C28H37NO3. The summed E-state index contributed by atoms with van der Waals surface area (Å²) >= 11 is 0. The van der Waals surface area contributed by atoms with Gasteiger partial charge in [-0.2, -0.15) is 0 Å². The maximum Gasteiger partial charge on any atom is 0.255 e. The summed E-state index contributed by atoms with van der Waals surface area (Å²) in [4.78, 5) is 12.8. The molecular weight excluding hydrogens is 398 g/mol. The fourth-order valence-corrected chi connectivity index (χ4v) is 7.96. The standard InChI is InChI=1S/C28H37NO3/c1-27-14-12-20(31)16-19(27)8-9-21-22-10-11-24(28(22,2)15-13-23(21)27)25(17-30)29-26(32)18-6-4-3-5-7-18/h3-8,20-23,30-31H,9-17H2,1-2H3,(H,29,32)/t20-,21-,22-,23-,27-,28-/m0/s1. The van der Waals surface area contributed by atoms with Gasteiger partial charge < -0.3 is 15.5 Å². The van der Waals surface area contributed by atoms with E-state index < -0.39 is 0 Å². The van der Waals surface area contributed by atoms with Crippen molar-refractivity contribution in [1.29, 1.82) is 0 Å². The number of carbonyl (C=O) groups excluding carboxylic acids is 1. The Hall–Kier alpha value is -1.91. The van der Waals surface area contributed by atoms with Crippen molar-refractivity contribution in [2.24, 2.45) is 28.6 Å². The summed E-state index contributed by atoms with van der Waals surface area (Å²) in [6.07, 6.45) is 10.7. The Balaban J connectivity index is 1.42. The van der Waals surface area contributed by atoms with Gasteiger partial charge in [-0.25, -0.2) is 0 Å². The number of fused-ring (bicyclic) bond motifs is 5. The van der Waals surface area contributed by atoms with Crippen LogP contribution in [0.25, 0.3) is 0 Å². The van der Waals surface area contributed by atoms with Crippen LogP contribution in [0, 0.1) is 28.6 Å². The number of amides is 1. The maximum atomic E-state index is 12.8. The second-order valence-electron chi connectivity index (χ2n) is 11.1. The topological polar surface area (TPSA) is 69.6 Å². The zero-order valence-corrected chi connectivity index (χ0v) is 19.4. The lowest BCUT2D eigenvalue weighted by Gasteiger charge is -2.57. The quantitative estimate of drug-likeness (QED) is 0.586. The first-order chi connectivity index (χ1) is 15.4. The third kappa shape index (κ3) is 3.38. The van der Waals surface area contributed by atoms with Gasteiger partial charge in [-0.05, 0) is 97.7 Å². The first-order valence-corrected chi connectivity index (χ1v) is 12.4. The van der Waals surface area contributed by atoms with E-state index in [2.05, 4.69) is 25.2 Å². The average molecular weight is 436 g/mol. The molecule has 3 N–H and O–H groups in total. The van der Waals surface area contributed by atoms with Crippen molar-refractivity contribution in [1.82, 2.24) is 5.32 Å². The fraction of sp³-hybridized carbons (Fsp3) is 0.607. The first-order valence-electron chi connectivity index (χ1n) is 12.4. The molecule has 4 nitrogen and oxygen atoms in total. The second kappa shape index (κ2) is 8.14. The second-order valence-corrected chi connectivity index (χ2v) is 11.1. The number of hydrogen-bond acceptors (Lipinski definition) is 3. The summed E-state index contributed by atoms with van der Waals surface area (Å²) < 4.78 is 0. The molecule has 3 fully saturated rings. The van der Waals surface area contributed by atoms with Gasteiger partial charge in [0.15, 0.2) is 0 Å². The van der Waals surface area contributed by atoms with Gasteiger partial charge in [0.05, 0.1) is 12.7 Å². The van der Waals surface area contributed by atoms with E-state index in [9.17, 15) is 15.0 Å². The van der Waals surface area contributed by atoms with Crippen molar-refractivity contribution >= 4 is 5.91 Å². The molecule has 0 saturated heterocycles. The van der Waals surface area contributed by atoms with Crippen molar-refractivity contribution < 1.29 is 15.0 Å². The van der Waals surface area contributed by atoms with Gasteiger partial charge in [-0.1, -0.05) is 43.7 Å². The molecule has 4 heteroatoms. The Labute approximate surface area is 191 Å². The van der Waals surface area contributed by atoms with E-state index in [1.807, 2.05) is 30.3 Å². The number of benzene rings is 1. The Morgan fingerprint density at radius 1 is 1.06 bits per heavy atom. The van der Waals surface area contributed by atoms with Gasteiger partial charge in [0.25, 0.3) is 5.91 Å². The molecule has 0 aliphatic heterocycles. The van der Waals surface area contributed by atoms with Crippen LogP contribution in [0.1, 0.15) is 75.6 Å². The third-order valence-corrected chi connectivity index (χ3v) is 9.69. The van der Waals surface area contributed by atoms with Crippen LogP contribution in [0.2, 0.25) is 0 Å². The molecule has 3 saturated carbocycles. The highest BCUT2D eigenvalue weighted by Crippen LogP contribution is 2.66. The number of allylic oxidation sites excluding steroid dienone is 2. The lowest BCUT2D eigenvalue weighted by atomic mass is 9.48. The molecule has 0 radical (unpaired) electrons. The van der Waals surface area contributed by atoms with Crippen LogP contribution in [-0.2, 0) is 0 Å². The van der Waals surface area contributed by atoms with E-state index in [0.29, 0.717) is 23.3 Å². The lowest BCUT2D eigenvalue weighted by Crippen LogP contribution is -2.49. The SMILES string of the molecule is C[C@]12CC[C@H](O)CC1=CC[C@@H]1[C@@H]2CC[C@]2(C)C(=C(CO)NC(=O)c3ccccc3)CC[C@@H]12. The molecule has 1 aromatic carbocycles. The van der Waals surface area contributed by atoms with Gasteiger partial charge in [0.1, 0.15) is 0 Å². The number of aliphatic hydroxyl groups excluding tert-OH is 2. The number of carbonyl (C=O) groups is 1. The van der Waals surface area contributed by atoms with Crippen molar-refractivity contribution in [3.05, 3.63) is 58.8 Å². The number of hydrogen-bond donors (Lipinski definition) is 3. The van der Waals surface area contributed by atoms with Gasteiger partial charge in [0.2, 0.25) is 0 Å². The Bertz CT molecular complexity index is 951. The van der Waals surface area contributed by atoms with Crippen LogP contribution in [-0.4, -0.2) is 28.8 Å². The number of nitrogens with one attached hydrogen (secondary N) is 1. The van der Waals surface area contributed by atoms with E-state index in [-0.39, 0.29) is 29.4 Å². The summed E-state index contributed by atoms with van der Waals surface area (Å²) in [5.41, 5.74) is 4.39. The molecule has 4 aliphatic carbocycles. The summed E-state index contributed by atoms with van der Waals surface area (Å²) in [7, 11) is 0. The number of aliphatic hydroxyl groups is 2. The minimum Gasteiger partial charge on any atom is -0.393 e. The summed E-state index contributed by atoms with van der Waals surface area (Å²) in [6.45, 7) is 4.71. The number of rotatable bonds is 3. The predicted molar refractivity (Wildman–Crippen MR) is 126 cm³/mol. The molecule has 5 rings (SSSR count). The fourth-order valence-electron chi connectivity index (χ4n) is 7.96. The van der Waals surface area contributed by atoms with E-state index in [4.69, 9.17) is 0 Å². The summed E-state index contributed by atoms with van der Waals surface area (Å²) in [5, 5.41) is 23.5. The monoisotopic (exact) mass is 435 g/mol. The van der Waals surface area contributed by atoms with E-state index in [0.717, 1.165) is 50.6 Å². The van der Waals surface area contributed by atoms with E-state index in [1.54, 1.807) is 0 Å². The minimum atomic E-state index is -0.166. The molecule has 0 aromatic heterocycles. The van der Waals surface area contributed by atoms with E-state index >= 15 is 0 Å².